The van der Waals surface area contributed by atoms with Crippen molar-refractivity contribution in [1.82, 2.24) is 4.90 Å². The van der Waals surface area contributed by atoms with Crippen LogP contribution in [-0.4, -0.2) is 61.1 Å². The van der Waals surface area contributed by atoms with Gasteiger partial charge < -0.3 is 24.2 Å². The number of carbonyl (C=O) groups excluding carboxylic acids is 1. The largest absolute Gasteiger partial charge is 0.492 e. The number of carbonyl (C=O) groups is 2. The highest BCUT2D eigenvalue weighted by Crippen LogP contribution is 2.16. The Morgan fingerprint density at radius 3 is 2.29 bits per heavy atom. The number of unbranched alkanes of at least 4 members (excludes halogenated alkanes) is 2. The van der Waals surface area contributed by atoms with Gasteiger partial charge in [-0.3, -0.25) is 0 Å². The highest BCUT2D eigenvalue weighted by molar-refractivity contribution is 5.72. The molecule has 176 valence electrons. The predicted octanol–water partition coefficient (Wildman–Crippen LogP) is 4.77. The molecule has 0 aliphatic heterocycles. The first-order chi connectivity index (χ1) is 14.7. The van der Waals surface area contributed by atoms with E-state index in [1.807, 2.05) is 32.9 Å². The topological polar surface area (TPSA) is 85.3 Å². The molecule has 0 aromatic heterocycles. The van der Waals surface area contributed by atoms with Gasteiger partial charge in [-0.1, -0.05) is 52.7 Å². The molecule has 1 unspecified atom stereocenters. The molecule has 0 spiro atoms. The van der Waals surface area contributed by atoms with Crippen molar-refractivity contribution in [2.45, 2.75) is 66.4 Å². The number of amides is 1. The third-order valence-corrected chi connectivity index (χ3v) is 4.54. The summed E-state index contributed by atoms with van der Waals surface area (Å²) in [5, 5.41) is 9.20. The fourth-order valence-corrected chi connectivity index (χ4v) is 2.84. The zero-order chi connectivity index (χ0) is 23.3. The Labute approximate surface area is 186 Å². The number of rotatable bonds is 14. The van der Waals surface area contributed by atoms with Crippen molar-refractivity contribution < 1.29 is 28.9 Å². The van der Waals surface area contributed by atoms with Gasteiger partial charge in [-0.2, -0.15) is 0 Å². The van der Waals surface area contributed by atoms with Gasteiger partial charge in [-0.05, 0) is 36.5 Å². The van der Waals surface area contributed by atoms with Crippen molar-refractivity contribution in [3.63, 3.8) is 0 Å². The van der Waals surface area contributed by atoms with Gasteiger partial charge in [0.2, 0.25) is 0 Å². The molecule has 7 heteroatoms. The molecule has 0 aliphatic rings. The van der Waals surface area contributed by atoms with E-state index in [-0.39, 0.29) is 11.5 Å². The molecule has 0 fully saturated rings. The van der Waals surface area contributed by atoms with Crippen LogP contribution in [0.15, 0.2) is 24.3 Å². The van der Waals surface area contributed by atoms with Crippen LogP contribution in [0.3, 0.4) is 0 Å². The van der Waals surface area contributed by atoms with Gasteiger partial charge in [0.15, 0.2) is 6.10 Å². The minimum absolute atomic E-state index is 0.0786. The van der Waals surface area contributed by atoms with Crippen LogP contribution in [0.4, 0.5) is 4.79 Å². The lowest BCUT2D eigenvalue weighted by Gasteiger charge is -2.25. The second-order valence-electron chi connectivity index (χ2n) is 8.79. The van der Waals surface area contributed by atoms with Gasteiger partial charge in [-0.15, -0.1) is 0 Å². The summed E-state index contributed by atoms with van der Waals surface area (Å²) in [6, 6.07) is 7.28. The molecule has 0 heterocycles. The number of carboxylic acid groups (broad SMARTS) is 1. The molecule has 1 atom stereocenters. The Hall–Kier alpha value is -2.28. The second-order valence-corrected chi connectivity index (χ2v) is 8.79. The van der Waals surface area contributed by atoms with Crippen molar-refractivity contribution in [1.29, 1.82) is 0 Å². The number of hydrogen-bond acceptors (Lipinski definition) is 5. The molecule has 0 radical (unpaired) electrons. The van der Waals surface area contributed by atoms with E-state index in [2.05, 4.69) is 6.92 Å². The third kappa shape index (κ3) is 11.6. The fourth-order valence-electron chi connectivity index (χ4n) is 2.84. The van der Waals surface area contributed by atoms with Crippen molar-refractivity contribution in [3.05, 3.63) is 29.8 Å². The Morgan fingerprint density at radius 1 is 1.06 bits per heavy atom. The minimum atomic E-state index is -0.969. The zero-order valence-corrected chi connectivity index (χ0v) is 19.7. The molecule has 0 saturated carbocycles. The van der Waals surface area contributed by atoms with Gasteiger partial charge in [0.05, 0.1) is 13.2 Å². The van der Waals surface area contributed by atoms with Gasteiger partial charge in [0.1, 0.15) is 12.4 Å². The molecule has 0 bridgehead atoms. The van der Waals surface area contributed by atoms with Crippen LogP contribution in [0.25, 0.3) is 0 Å². The summed E-state index contributed by atoms with van der Waals surface area (Å²) in [4.78, 5) is 25.4. The molecule has 1 rings (SSSR count). The molecule has 7 nitrogen and oxygen atoms in total. The molecule has 1 aromatic carbocycles. The van der Waals surface area contributed by atoms with Crippen LogP contribution in [0.1, 0.15) is 59.4 Å². The molecule has 1 amide bonds. The molecule has 1 aromatic rings. The van der Waals surface area contributed by atoms with Crippen molar-refractivity contribution in [3.8, 4) is 5.75 Å². The number of aliphatic carboxylic acids is 1. The van der Waals surface area contributed by atoms with Crippen molar-refractivity contribution >= 4 is 12.1 Å². The lowest BCUT2D eigenvalue weighted by atomic mass is 9.99. The van der Waals surface area contributed by atoms with Gasteiger partial charge in [0, 0.05) is 19.6 Å². The Bertz CT molecular complexity index is 653. The maximum Gasteiger partial charge on any atom is 0.409 e. The molecule has 1 N–H and O–H groups in total. The van der Waals surface area contributed by atoms with E-state index in [4.69, 9.17) is 14.2 Å². The Balaban J connectivity index is 2.57. The first kappa shape index (κ1) is 26.8. The fraction of sp³-hybridized carbons (Fsp3) is 0.667. The van der Waals surface area contributed by atoms with E-state index in [0.717, 1.165) is 24.8 Å². The lowest BCUT2D eigenvalue weighted by molar-refractivity contribution is -0.149. The standard InChI is InChI=1S/C24H39NO6/c1-6-8-9-14-25(23(28)31-18-24(3,4)5)15-16-30-20-12-10-19(11-13-20)17-21(22(26)27)29-7-2/h10-13,21H,6-9,14-18H2,1-5H3,(H,26,27). The van der Waals surface area contributed by atoms with Crippen LogP contribution >= 0.6 is 0 Å². The number of nitrogens with zero attached hydrogens (tertiary/aromatic N) is 1. The maximum atomic E-state index is 12.5. The summed E-state index contributed by atoms with van der Waals surface area (Å²) in [5.41, 5.74) is 0.783. The summed E-state index contributed by atoms with van der Waals surface area (Å²) in [6.45, 7) is 12.2. The summed E-state index contributed by atoms with van der Waals surface area (Å²) < 4.78 is 16.5. The number of carboxylic acids is 1. The van der Waals surface area contributed by atoms with Crippen LogP contribution in [-0.2, 0) is 20.7 Å². The van der Waals surface area contributed by atoms with E-state index in [1.165, 1.54) is 0 Å². The average molecular weight is 438 g/mol. The van der Waals surface area contributed by atoms with Crippen LogP contribution in [0, 0.1) is 5.41 Å². The normalized spacial score (nSPS) is 12.3. The third-order valence-electron chi connectivity index (χ3n) is 4.54. The highest BCUT2D eigenvalue weighted by Gasteiger charge is 2.19. The van der Waals surface area contributed by atoms with E-state index < -0.39 is 12.1 Å². The van der Waals surface area contributed by atoms with Crippen molar-refractivity contribution in [2.24, 2.45) is 5.41 Å². The first-order valence-electron chi connectivity index (χ1n) is 11.1. The highest BCUT2D eigenvalue weighted by atomic mass is 16.6. The molecular weight excluding hydrogens is 398 g/mol. The number of hydrogen-bond donors (Lipinski definition) is 1. The Kier molecular flexibility index (Phi) is 12.0. The van der Waals surface area contributed by atoms with Crippen molar-refractivity contribution in [2.75, 3.05) is 32.9 Å². The van der Waals surface area contributed by atoms with E-state index in [9.17, 15) is 14.7 Å². The van der Waals surface area contributed by atoms with Gasteiger partial charge in [-0.25, -0.2) is 9.59 Å². The van der Waals surface area contributed by atoms with Gasteiger partial charge in [0.25, 0.3) is 0 Å². The maximum absolute atomic E-state index is 12.5. The Morgan fingerprint density at radius 2 is 1.74 bits per heavy atom. The predicted molar refractivity (Wildman–Crippen MR) is 121 cm³/mol. The zero-order valence-electron chi connectivity index (χ0n) is 19.7. The van der Waals surface area contributed by atoms with E-state index in [1.54, 1.807) is 24.0 Å². The SMILES string of the molecule is CCCCCN(CCOc1ccc(CC(OCC)C(=O)O)cc1)C(=O)OCC(C)(C)C. The smallest absolute Gasteiger partial charge is 0.409 e. The number of ether oxygens (including phenoxy) is 3. The van der Waals surface area contributed by atoms with Crippen LogP contribution in [0.2, 0.25) is 0 Å². The van der Waals surface area contributed by atoms with Crippen LogP contribution < -0.4 is 4.74 Å². The quantitative estimate of drug-likeness (QED) is 0.422. The molecule has 0 saturated heterocycles. The first-order valence-corrected chi connectivity index (χ1v) is 11.1. The van der Waals surface area contributed by atoms with E-state index >= 15 is 0 Å². The van der Waals surface area contributed by atoms with E-state index in [0.29, 0.717) is 45.1 Å². The minimum Gasteiger partial charge on any atom is -0.492 e. The van der Waals surface area contributed by atoms with Crippen LogP contribution in [0.5, 0.6) is 5.75 Å². The molecular formula is C24H39NO6. The second kappa shape index (κ2) is 13.9. The summed E-state index contributed by atoms with van der Waals surface area (Å²) in [7, 11) is 0. The molecule has 31 heavy (non-hydrogen) atoms. The lowest BCUT2D eigenvalue weighted by Crippen LogP contribution is -2.37. The number of benzene rings is 1. The summed E-state index contributed by atoms with van der Waals surface area (Å²) in [5.74, 6) is -0.299. The van der Waals surface area contributed by atoms with Gasteiger partial charge >= 0.3 is 12.1 Å². The summed E-state index contributed by atoms with van der Waals surface area (Å²) in [6.07, 6.45) is 2.21. The average Bonchev–Trinajstić information content (AvgIpc) is 2.71. The molecule has 0 aliphatic carbocycles. The summed E-state index contributed by atoms with van der Waals surface area (Å²) >= 11 is 0. The monoisotopic (exact) mass is 437 g/mol.